The summed E-state index contributed by atoms with van der Waals surface area (Å²) in [6.07, 6.45) is 2.28. The topological polar surface area (TPSA) is 55.8 Å². The van der Waals surface area contributed by atoms with Gasteiger partial charge in [0.2, 0.25) is 0 Å². The first-order chi connectivity index (χ1) is 13.9. The summed E-state index contributed by atoms with van der Waals surface area (Å²) >= 11 is 0. The number of carbonyl (C=O) groups excluding carboxylic acids is 2. The molecule has 0 bridgehead atoms. The van der Waals surface area contributed by atoms with Gasteiger partial charge in [-0.05, 0) is 61.6 Å². The highest BCUT2D eigenvalue weighted by Gasteiger charge is 2.08. The van der Waals surface area contributed by atoms with Crippen molar-refractivity contribution in [3.8, 4) is 11.1 Å². The molecule has 0 unspecified atom stereocenters. The lowest BCUT2D eigenvalue weighted by Gasteiger charge is -2.12. The number of nitrogens with zero attached hydrogens (tertiary/aromatic N) is 1. The van der Waals surface area contributed by atoms with Crippen molar-refractivity contribution >= 4 is 17.6 Å². The fourth-order valence-corrected chi connectivity index (χ4v) is 2.67. The third-order valence-corrected chi connectivity index (χ3v) is 4.44. The zero-order chi connectivity index (χ0) is 21.2. The predicted molar refractivity (Wildman–Crippen MR) is 116 cm³/mol. The van der Waals surface area contributed by atoms with Crippen LogP contribution in [0.1, 0.15) is 36.5 Å². The van der Waals surface area contributed by atoms with Gasteiger partial charge in [0.15, 0.2) is 0 Å². The summed E-state index contributed by atoms with van der Waals surface area (Å²) in [7, 11) is 4.02. The van der Waals surface area contributed by atoms with Crippen LogP contribution in [0, 0.1) is 0 Å². The number of esters is 2. The number of benzene rings is 2. The summed E-state index contributed by atoms with van der Waals surface area (Å²) in [5.74, 6) is -0.693. The van der Waals surface area contributed by atoms with Gasteiger partial charge in [-0.1, -0.05) is 30.8 Å². The Morgan fingerprint density at radius 1 is 0.828 bits per heavy atom. The van der Waals surface area contributed by atoms with E-state index >= 15 is 0 Å². The number of rotatable bonds is 10. The maximum absolute atomic E-state index is 12.2. The van der Waals surface area contributed by atoms with Crippen LogP contribution in [0.15, 0.2) is 60.7 Å². The summed E-state index contributed by atoms with van der Waals surface area (Å²) in [5.41, 5.74) is 4.23. The molecule has 2 rings (SSSR count). The van der Waals surface area contributed by atoms with Crippen LogP contribution in [0.2, 0.25) is 0 Å². The fraction of sp³-hybridized carbons (Fsp3) is 0.333. The number of unbranched alkanes of at least 4 members (excludes halogenated alkanes) is 2. The van der Waals surface area contributed by atoms with Crippen LogP contribution in [0.3, 0.4) is 0 Å². The van der Waals surface area contributed by atoms with Crippen molar-refractivity contribution in [2.45, 2.75) is 26.2 Å². The average Bonchev–Trinajstić information content (AvgIpc) is 2.72. The second-order valence-corrected chi connectivity index (χ2v) is 7.13. The third-order valence-electron chi connectivity index (χ3n) is 4.44. The highest BCUT2D eigenvalue weighted by atomic mass is 16.5. The zero-order valence-corrected chi connectivity index (χ0v) is 17.4. The van der Waals surface area contributed by atoms with Gasteiger partial charge in [0.25, 0.3) is 0 Å². The monoisotopic (exact) mass is 395 g/mol. The van der Waals surface area contributed by atoms with E-state index in [9.17, 15) is 9.59 Å². The van der Waals surface area contributed by atoms with Gasteiger partial charge < -0.3 is 14.4 Å². The van der Waals surface area contributed by atoms with E-state index in [4.69, 9.17) is 9.47 Å². The van der Waals surface area contributed by atoms with Crippen molar-refractivity contribution in [3.63, 3.8) is 0 Å². The zero-order valence-electron chi connectivity index (χ0n) is 17.4. The third kappa shape index (κ3) is 7.11. The summed E-state index contributed by atoms with van der Waals surface area (Å²) in [6.45, 7) is 5.86. The molecular weight excluding hydrogens is 366 g/mol. The van der Waals surface area contributed by atoms with Gasteiger partial charge in [-0.2, -0.15) is 0 Å². The van der Waals surface area contributed by atoms with Crippen molar-refractivity contribution in [3.05, 3.63) is 66.2 Å². The maximum atomic E-state index is 12.2. The molecule has 29 heavy (non-hydrogen) atoms. The standard InChI is InChI=1S/C24H29NO4/c1-18(2)23(26)28-16-6-5-7-17-29-24(27)21-10-8-19(9-11-21)20-12-14-22(15-13-20)25(3)4/h8-15H,1,5-7,16-17H2,2-4H3. The molecule has 0 amide bonds. The summed E-state index contributed by atoms with van der Waals surface area (Å²) < 4.78 is 10.3. The lowest BCUT2D eigenvalue weighted by molar-refractivity contribution is -0.139. The fourth-order valence-electron chi connectivity index (χ4n) is 2.67. The van der Waals surface area contributed by atoms with E-state index in [2.05, 4.69) is 35.7 Å². The van der Waals surface area contributed by atoms with Crippen molar-refractivity contribution in [2.75, 3.05) is 32.2 Å². The molecule has 0 radical (unpaired) electrons. The number of ether oxygens (including phenoxy) is 2. The minimum Gasteiger partial charge on any atom is -0.462 e. The van der Waals surface area contributed by atoms with E-state index in [0.29, 0.717) is 24.4 Å². The molecule has 5 nitrogen and oxygen atoms in total. The molecule has 0 aliphatic heterocycles. The Morgan fingerprint density at radius 2 is 1.34 bits per heavy atom. The van der Waals surface area contributed by atoms with Crippen LogP contribution in [-0.2, 0) is 14.3 Å². The molecule has 2 aromatic rings. The van der Waals surface area contributed by atoms with Crippen LogP contribution in [0.4, 0.5) is 5.69 Å². The van der Waals surface area contributed by atoms with Crippen LogP contribution in [0.5, 0.6) is 0 Å². The molecule has 2 aromatic carbocycles. The van der Waals surface area contributed by atoms with Crippen LogP contribution < -0.4 is 4.90 Å². The lowest BCUT2D eigenvalue weighted by Crippen LogP contribution is -2.08. The van der Waals surface area contributed by atoms with Gasteiger partial charge in [0.1, 0.15) is 0 Å². The Hall–Kier alpha value is -3.08. The van der Waals surface area contributed by atoms with Crippen LogP contribution in [0.25, 0.3) is 11.1 Å². The Kier molecular flexibility index (Phi) is 8.46. The van der Waals surface area contributed by atoms with E-state index in [1.54, 1.807) is 19.1 Å². The summed E-state index contributed by atoms with van der Waals surface area (Å²) in [4.78, 5) is 25.5. The molecule has 154 valence electrons. The number of hydrogen-bond donors (Lipinski definition) is 0. The minimum atomic E-state index is -0.367. The molecule has 0 aromatic heterocycles. The SMILES string of the molecule is C=C(C)C(=O)OCCCCCOC(=O)c1ccc(-c2ccc(N(C)C)cc2)cc1. The summed E-state index contributed by atoms with van der Waals surface area (Å²) in [5, 5.41) is 0. The molecule has 0 atom stereocenters. The first-order valence-electron chi connectivity index (χ1n) is 9.76. The van der Waals surface area contributed by atoms with Gasteiger partial charge in [-0.25, -0.2) is 9.59 Å². The molecule has 0 saturated heterocycles. The molecule has 0 aliphatic carbocycles. The van der Waals surface area contributed by atoms with E-state index in [0.717, 1.165) is 36.1 Å². The molecule has 0 N–H and O–H groups in total. The molecule has 0 heterocycles. The van der Waals surface area contributed by atoms with E-state index in [1.807, 2.05) is 26.2 Å². The highest BCUT2D eigenvalue weighted by Crippen LogP contribution is 2.23. The van der Waals surface area contributed by atoms with Crippen molar-refractivity contribution < 1.29 is 19.1 Å². The lowest BCUT2D eigenvalue weighted by atomic mass is 10.0. The smallest absolute Gasteiger partial charge is 0.338 e. The van der Waals surface area contributed by atoms with E-state index in [-0.39, 0.29) is 11.9 Å². The van der Waals surface area contributed by atoms with Gasteiger partial charge in [0.05, 0.1) is 18.8 Å². The van der Waals surface area contributed by atoms with Gasteiger partial charge in [0, 0.05) is 25.4 Å². The molecule has 0 aliphatic rings. The Balaban J connectivity index is 1.73. The molecule has 5 heteroatoms. The molecule has 0 spiro atoms. The van der Waals surface area contributed by atoms with Gasteiger partial charge in [-0.3, -0.25) is 0 Å². The van der Waals surface area contributed by atoms with Crippen LogP contribution >= 0.6 is 0 Å². The van der Waals surface area contributed by atoms with Crippen molar-refractivity contribution in [1.29, 1.82) is 0 Å². The first-order valence-corrected chi connectivity index (χ1v) is 9.76. The van der Waals surface area contributed by atoms with E-state index in [1.165, 1.54) is 0 Å². The van der Waals surface area contributed by atoms with Gasteiger partial charge in [-0.15, -0.1) is 0 Å². The number of anilines is 1. The number of hydrogen-bond acceptors (Lipinski definition) is 5. The minimum absolute atomic E-state index is 0.326. The predicted octanol–water partition coefficient (Wildman–Crippen LogP) is 4.87. The molecular formula is C24H29NO4. The maximum Gasteiger partial charge on any atom is 0.338 e. The van der Waals surface area contributed by atoms with Crippen LogP contribution in [-0.4, -0.2) is 39.2 Å². The molecule has 0 fully saturated rings. The summed E-state index contributed by atoms with van der Waals surface area (Å²) in [6, 6.07) is 15.7. The normalized spacial score (nSPS) is 10.3. The average molecular weight is 395 g/mol. The van der Waals surface area contributed by atoms with E-state index < -0.39 is 0 Å². The Labute approximate surface area is 172 Å². The van der Waals surface area contributed by atoms with Crippen molar-refractivity contribution in [1.82, 2.24) is 0 Å². The largest absolute Gasteiger partial charge is 0.462 e. The highest BCUT2D eigenvalue weighted by molar-refractivity contribution is 5.90. The molecule has 0 saturated carbocycles. The quantitative estimate of drug-likeness (QED) is 0.326. The first kappa shape index (κ1) is 22.2. The second kappa shape index (κ2) is 11.1. The van der Waals surface area contributed by atoms with Crippen molar-refractivity contribution in [2.24, 2.45) is 0 Å². The number of carbonyl (C=O) groups is 2. The second-order valence-electron chi connectivity index (χ2n) is 7.13. The van der Waals surface area contributed by atoms with Gasteiger partial charge >= 0.3 is 11.9 Å². The Bertz CT molecular complexity index is 823. The Morgan fingerprint density at radius 3 is 1.86 bits per heavy atom.